The molecule has 1 aliphatic rings. The molecule has 5 nitrogen and oxygen atoms in total. The Morgan fingerprint density at radius 2 is 2.12 bits per heavy atom. The van der Waals surface area contributed by atoms with Gasteiger partial charge in [0.15, 0.2) is 0 Å². The monoisotopic (exact) mass is 388 g/mol. The lowest BCUT2D eigenvalue weighted by atomic mass is 10.0. The van der Waals surface area contributed by atoms with E-state index in [0.717, 1.165) is 28.9 Å². The van der Waals surface area contributed by atoms with Gasteiger partial charge in [0.25, 0.3) is 5.91 Å². The van der Waals surface area contributed by atoms with Gasteiger partial charge < -0.3 is 10.2 Å². The predicted octanol–water partition coefficient (Wildman–Crippen LogP) is 4.26. The van der Waals surface area contributed by atoms with Crippen LogP contribution in [0.25, 0.3) is 0 Å². The van der Waals surface area contributed by atoms with Gasteiger partial charge in [-0.15, -0.1) is 0 Å². The molecule has 0 aliphatic carbocycles. The third-order valence-corrected chi connectivity index (χ3v) is 5.08. The quantitative estimate of drug-likeness (QED) is 0.849. The highest BCUT2D eigenvalue weighted by atomic mass is 79.9. The van der Waals surface area contributed by atoms with Gasteiger partial charge in [0, 0.05) is 17.1 Å². The second-order valence-electron chi connectivity index (χ2n) is 5.95. The molecule has 1 aliphatic heterocycles. The number of para-hydroxylation sites is 1. The molecule has 1 fully saturated rings. The number of piperidine rings is 1. The maximum Gasteiger partial charge on any atom is 0.275 e. The highest BCUT2D eigenvalue weighted by molar-refractivity contribution is 9.10. The Kier molecular flexibility index (Phi) is 5.45. The van der Waals surface area contributed by atoms with Crippen LogP contribution in [0.5, 0.6) is 0 Å². The molecule has 1 saturated heterocycles. The van der Waals surface area contributed by atoms with Crippen LogP contribution in [0.3, 0.4) is 0 Å². The number of hydrogen-bond acceptors (Lipinski definition) is 4. The van der Waals surface area contributed by atoms with Gasteiger partial charge in [-0.3, -0.25) is 4.79 Å². The first kappa shape index (κ1) is 16.9. The van der Waals surface area contributed by atoms with Gasteiger partial charge in [-0.05, 0) is 53.7 Å². The van der Waals surface area contributed by atoms with E-state index >= 15 is 0 Å². The van der Waals surface area contributed by atoms with Crippen molar-refractivity contribution in [1.82, 2.24) is 9.97 Å². The van der Waals surface area contributed by atoms with Gasteiger partial charge >= 0.3 is 0 Å². The van der Waals surface area contributed by atoms with Crippen LogP contribution in [-0.2, 0) is 0 Å². The van der Waals surface area contributed by atoms with Crippen molar-refractivity contribution in [3.05, 3.63) is 46.8 Å². The van der Waals surface area contributed by atoms with Gasteiger partial charge in [0.2, 0.25) is 0 Å². The van der Waals surface area contributed by atoms with Crippen LogP contribution in [0.1, 0.15) is 43.1 Å². The second-order valence-corrected chi connectivity index (χ2v) is 6.80. The molecule has 0 bridgehead atoms. The zero-order valence-electron chi connectivity index (χ0n) is 13.7. The number of rotatable bonds is 4. The molecule has 1 amide bonds. The van der Waals surface area contributed by atoms with E-state index in [1.54, 1.807) is 12.4 Å². The van der Waals surface area contributed by atoms with Crippen LogP contribution in [0.15, 0.2) is 41.1 Å². The third kappa shape index (κ3) is 3.75. The standard InChI is InChI=1S/C18H21BrN4O/c1-2-13-7-5-6-10-23(13)17-12-20-16(11-21-17)18(24)22-15-9-4-3-8-14(15)19/h3-4,8-9,11-13H,2,5-7,10H2,1H3,(H,22,24). The SMILES string of the molecule is CCC1CCCCN1c1cnc(C(=O)Nc2ccccc2Br)cn1. The number of nitrogens with zero attached hydrogens (tertiary/aromatic N) is 3. The molecule has 0 spiro atoms. The summed E-state index contributed by atoms with van der Waals surface area (Å²) in [7, 11) is 0. The fourth-order valence-electron chi connectivity index (χ4n) is 3.06. The number of halogens is 1. The Morgan fingerprint density at radius 3 is 2.83 bits per heavy atom. The fourth-order valence-corrected chi connectivity index (χ4v) is 3.45. The fraction of sp³-hybridized carbons (Fsp3) is 0.389. The van der Waals surface area contributed by atoms with Crippen LogP contribution in [0.4, 0.5) is 11.5 Å². The van der Waals surface area contributed by atoms with E-state index in [1.165, 1.54) is 19.3 Å². The number of carbonyl (C=O) groups excluding carboxylic acids is 1. The van der Waals surface area contributed by atoms with Crippen molar-refractivity contribution in [3.63, 3.8) is 0 Å². The van der Waals surface area contributed by atoms with E-state index in [1.807, 2.05) is 24.3 Å². The highest BCUT2D eigenvalue weighted by Crippen LogP contribution is 2.25. The van der Waals surface area contributed by atoms with Gasteiger partial charge in [0.05, 0.1) is 18.1 Å². The summed E-state index contributed by atoms with van der Waals surface area (Å²) in [5.74, 6) is 0.602. The summed E-state index contributed by atoms with van der Waals surface area (Å²) in [4.78, 5) is 23.4. The number of carbonyl (C=O) groups is 1. The van der Waals surface area contributed by atoms with Gasteiger partial charge in [-0.1, -0.05) is 19.1 Å². The summed E-state index contributed by atoms with van der Waals surface area (Å²) in [5, 5.41) is 2.84. The summed E-state index contributed by atoms with van der Waals surface area (Å²) in [6.07, 6.45) is 8.03. The minimum Gasteiger partial charge on any atom is -0.352 e. The first-order valence-corrected chi connectivity index (χ1v) is 9.13. The van der Waals surface area contributed by atoms with Crippen LogP contribution < -0.4 is 10.2 Å². The second kappa shape index (κ2) is 7.75. The number of amides is 1. The van der Waals surface area contributed by atoms with Gasteiger partial charge in [0.1, 0.15) is 11.5 Å². The van der Waals surface area contributed by atoms with Crippen LogP contribution in [0, 0.1) is 0 Å². The number of hydrogen-bond donors (Lipinski definition) is 1. The highest BCUT2D eigenvalue weighted by Gasteiger charge is 2.22. The molecule has 6 heteroatoms. The Morgan fingerprint density at radius 1 is 1.29 bits per heavy atom. The van der Waals surface area contributed by atoms with Crippen LogP contribution in [0.2, 0.25) is 0 Å². The number of nitrogens with one attached hydrogen (secondary N) is 1. The van der Waals surface area contributed by atoms with E-state index < -0.39 is 0 Å². The maximum atomic E-state index is 12.3. The van der Waals surface area contributed by atoms with Crippen molar-refractivity contribution < 1.29 is 4.79 Å². The molecule has 126 valence electrons. The molecule has 24 heavy (non-hydrogen) atoms. The molecule has 2 heterocycles. The summed E-state index contributed by atoms with van der Waals surface area (Å²) >= 11 is 3.42. The summed E-state index contributed by atoms with van der Waals surface area (Å²) < 4.78 is 0.835. The van der Waals surface area contributed by atoms with E-state index in [-0.39, 0.29) is 5.91 Å². The van der Waals surface area contributed by atoms with Crippen molar-refractivity contribution in [3.8, 4) is 0 Å². The molecule has 0 radical (unpaired) electrons. The summed E-state index contributed by atoms with van der Waals surface area (Å²) in [5.41, 5.74) is 1.04. The minimum absolute atomic E-state index is 0.258. The predicted molar refractivity (Wildman–Crippen MR) is 99.4 cm³/mol. The molecule has 3 rings (SSSR count). The zero-order valence-corrected chi connectivity index (χ0v) is 15.3. The normalized spacial score (nSPS) is 17.6. The Balaban J connectivity index is 1.72. The summed E-state index contributed by atoms with van der Waals surface area (Å²) in [6, 6.07) is 8.01. The average Bonchev–Trinajstić information content (AvgIpc) is 2.63. The van der Waals surface area contributed by atoms with Crippen molar-refractivity contribution in [1.29, 1.82) is 0 Å². The van der Waals surface area contributed by atoms with Gasteiger partial charge in [-0.2, -0.15) is 0 Å². The number of benzene rings is 1. The van der Waals surface area contributed by atoms with Gasteiger partial charge in [-0.25, -0.2) is 9.97 Å². The lowest BCUT2D eigenvalue weighted by molar-refractivity contribution is 0.102. The van der Waals surface area contributed by atoms with Crippen LogP contribution >= 0.6 is 15.9 Å². The molecule has 0 saturated carbocycles. The first-order chi connectivity index (χ1) is 11.7. The van der Waals surface area contributed by atoms with E-state index in [2.05, 4.69) is 43.0 Å². The molecule has 2 aromatic rings. The Hall–Kier alpha value is -1.95. The van der Waals surface area contributed by atoms with E-state index in [9.17, 15) is 4.79 Å². The molecule has 1 atom stereocenters. The molecule has 1 aromatic heterocycles. The largest absolute Gasteiger partial charge is 0.352 e. The molecular formula is C18H21BrN4O. The summed E-state index contributed by atoms with van der Waals surface area (Å²) in [6.45, 7) is 3.21. The zero-order chi connectivity index (χ0) is 16.9. The molecule has 1 unspecified atom stereocenters. The van der Waals surface area contributed by atoms with Crippen molar-refractivity contribution in [2.45, 2.75) is 38.6 Å². The average molecular weight is 389 g/mol. The smallest absolute Gasteiger partial charge is 0.275 e. The first-order valence-electron chi connectivity index (χ1n) is 8.33. The van der Waals surface area contributed by atoms with Crippen molar-refractivity contribution >= 4 is 33.3 Å². The lowest BCUT2D eigenvalue weighted by Gasteiger charge is -2.35. The Bertz CT molecular complexity index is 704. The number of anilines is 2. The maximum absolute atomic E-state index is 12.3. The molecule has 1 aromatic carbocycles. The minimum atomic E-state index is -0.258. The molecule has 1 N–H and O–H groups in total. The molecular weight excluding hydrogens is 368 g/mol. The topological polar surface area (TPSA) is 58.1 Å². The van der Waals surface area contributed by atoms with Crippen molar-refractivity contribution in [2.24, 2.45) is 0 Å². The van der Waals surface area contributed by atoms with Crippen LogP contribution in [-0.4, -0.2) is 28.5 Å². The lowest BCUT2D eigenvalue weighted by Crippen LogP contribution is -2.39. The third-order valence-electron chi connectivity index (χ3n) is 4.39. The number of aromatic nitrogens is 2. The van der Waals surface area contributed by atoms with Crippen molar-refractivity contribution in [2.75, 3.05) is 16.8 Å². The van der Waals surface area contributed by atoms with E-state index in [4.69, 9.17) is 0 Å². The Labute approximate surface area is 150 Å². The van der Waals surface area contributed by atoms with E-state index in [0.29, 0.717) is 11.7 Å².